The molecule has 4 nitrogen and oxygen atoms in total. The van der Waals surface area contributed by atoms with Gasteiger partial charge in [0, 0.05) is 18.4 Å². The molecule has 0 spiro atoms. The molecule has 0 saturated heterocycles. The Kier molecular flexibility index (Phi) is 3.00. The minimum Gasteiger partial charge on any atom is -0.356 e. The Balaban J connectivity index is 1.57. The number of fused-ring (bicyclic) bond motifs is 1. The second-order valence-corrected chi connectivity index (χ2v) is 4.92. The third kappa shape index (κ3) is 2.53. The molecule has 1 N–H and O–H groups in total. The number of aromatic nitrogens is 2. The summed E-state index contributed by atoms with van der Waals surface area (Å²) in [4.78, 5) is 11.7. The quantitative estimate of drug-likeness (QED) is 0.872. The van der Waals surface area contributed by atoms with Crippen LogP contribution in [-0.4, -0.2) is 22.2 Å². The molecule has 0 unspecified atom stereocenters. The molecule has 3 rings (SSSR count). The van der Waals surface area contributed by atoms with Gasteiger partial charge in [-0.2, -0.15) is 5.10 Å². The van der Waals surface area contributed by atoms with Crippen molar-refractivity contribution in [2.45, 2.75) is 25.8 Å². The van der Waals surface area contributed by atoms with Gasteiger partial charge >= 0.3 is 0 Å². The summed E-state index contributed by atoms with van der Waals surface area (Å²) in [6.45, 7) is 1.49. The smallest absolute Gasteiger partial charge is 0.221 e. The first-order valence-corrected chi connectivity index (χ1v) is 6.50. The molecule has 18 heavy (non-hydrogen) atoms. The summed E-state index contributed by atoms with van der Waals surface area (Å²) in [6.07, 6.45) is 4.88. The minimum absolute atomic E-state index is 0.126. The number of carbonyl (C=O) groups is 1. The fourth-order valence-electron chi connectivity index (χ4n) is 2.08. The van der Waals surface area contributed by atoms with Crippen LogP contribution in [-0.2, 0) is 11.3 Å². The van der Waals surface area contributed by atoms with Gasteiger partial charge in [-0.1, -0.05) is 18.2 Å². The van der Waals surface area contributed by atoms with Gasteiger partial charge in [0.1, 0.15) is 0 Å². The second-order valence-electron chi connectivity index (χ2n) is 4.92. The number of amides is 1. The van der Waals surface area contributed by atoms with Crippen molar-refractivity contribution in [3.63, 3.8) is 0 Å². The van der Waals surface area contributed by atoms with Crippen LogP contribution in [0.3, 0.4) is 0 Å². The fourth-order valence-corrected chi connectivity index (χ4v) is 2.08. The largest absolute Gasteiger partial charge is 0.356 e. The zero-order valence-corrected chi connectivity index (χ0v) is 10.3. The molecule has 1 fully saturated rings. The Morgan fingerprint density at radius 2 is 2.22 bits per heavy atom. The summed E-state index contributed by atoms with van der Waals surface area (Å²) in [5, 5.41) is 8.41. The maximum atomic E-state index is 11.7. The summed E-state index contributed by atoms with van der Waals surface area (Å²) in [7, 11) is 0. The van der Waals surface area contributed by atoms with Crippen molar-refractivity contribution in [3.05, 3.63) is 30.5 Å². The number of hydrogen-bond donors (Lipinski definition) is 1. The summed E-state index contributed by atoms with van der Waals surface area (Å²) < 4.78 is 1.89. The molecule has 1 heterocycles. The highest BCUT2D eigenvalue weighted by molar-refractivity contribution is 5.79. The van der Waals surface area contributed by atoms with Crippen LogP contribution in [0.15, 0.2) is 30.5 Å². The Bertz CT molecular complexity index is 557. The number of rotatable bonds is 5. The molecule has 1 aliphatic rings. The van der Waals surface area contributed by atoms with Crippen LogP contribution >= 0.6 is 0 Å². The average Bonchev–Trinajstić information content (AvgIpc) is 3.14. The van der Waals surface area contributed by atoms with Crippen molar-refractivity contribution in [1.29, 1.82) is 0 Å². The number of carbonyl (C=O) groups excluding carboxylic acids is 1. The first-order chi connectivity index (χ1) is 8.83. The number of aryl methyl sites for hydroxylation is 1. The van der Waals surface area contributed by atoms with E-state index < -0.39 is 0 Å². The molecule has 2 aromatic rings. The standard InChI is InChI=1S/C14H17N3O/c18-14(15-9-11-5-6-11)7-8-17-13-4-2-1-3-12(13)10-16-17/h1-4,10-11H,5-9H2,(H,15,18). The third-order valence-electron chi connectivity index (χ3n) is 3.39. The van der Waals surface area contributed by atoms with Crippen LogP contribution in [0, 0.1) is 5.92 Å². The van der Waals surface area contributed by atoms with Crippen molar-refractivity contribution in [2.75, 3.05) is 6.54 Å². The van der Waals surface area contributed by atoms with E-state index in [9.17, 15) is 4.79 Å². The molecule has 1 aromatic heterocycles. The lowest BCUT2D eigenvalue weighted by atomic mass is 10.2. The fraction of sp³-hybridized carbons (Fsp3) is 0.429. The number of hydrogen-bond acceptors (Lipinski definition) is 2. The molecule has 1 aliphatic carbocycles. The van der Waals surface area contributed by atoms with Gasteiger partial charge in [0.25, 0.3) is 0 Å². The van der Waals surface area contributed by atoms with Crippen LogP contribution in [0.4, 0.5) is 0 Å². The lowest BCUT2D eigenvalue weighted by Gasteiger charge is -2.05. The average molecular weight is 243 g/mol. The van der Waals surface area contributed by atoms with E-state index in [2.05, 4.69) is 10.4 Å². The van der Waals surface area contributed by atoms with Gasteiger partial charge in [0.2, 0.25) is 5.91 Å². The predicted molar refractivity (Wildman–Crippen MR) is 70.1 cm³/mol. The molecular formula is C14H17N3O. The highest BCUT2D eigenvalue weighted by Gasteiger charge is 2.21. The molecule has 4 heteroatoms. The summed E-state index contributed by atoms with van der Waals surface area (Å²) in [5.74, 6) is 0.862. The first kappa shape index (κ1) is 11.3. The highest BCUT2D eigenvalue weighted by atomic mass is 16.1. The van der Waals surface area contributed by atoms with Gasteiger partial charge in [0.15, 0.2) is 0 Å². The van der Waals surface area contributed by atoms with E-state index in [0.717, 1.165) is 23.4 Å². The van der Waals surface area contributed by atoms with E-state index in [-0.39, 0.29) is 5.91 Å². The van der Waals surface area contributed by atoms with Gasteiger partial charge in [0.05, 0.1) is 18.3 Å². The Morgan fingerprint density at radius 3 is 3.06 bits per heavy atom. The number of para-hydroxylation sites is 1. The molecule has 1 aromatic carbocycles. The van der Waals surface area contributed by atoms with Crippen molar-refractivity contribution in [2.24, 2.45) is 5.92 Å². The van der Waals surface area contributed by atoms with E-state index in [1.807, 2.05) is 35.1 Å². The molecule has 0 atom stereocenters. The lowest BCUT2D eigenvalue weighted by Crippen LogP contribution is -2.26. The van der Waals surface area contributed by atoms with Gasteiger partial charge in [-0.25, -0.2) is 0 Å². The monoisotopic (exact) mass is 243 g/mol. The van der Waals surface area contributed by atoms with E-state index in [1.54, 1.807) is 0 Å². The molecule has 94 valence electrons. The van der Waals surface area contributed by atoms with Gasteiger partial charge in [-0.3, -0.25) is 9.48 Å². The molecule has 1 saturated carbocycles. The zero-order chi connectivity index (χ0) is 12.4. The van der Waals surface area contributed by atoms with Gasteiger partial charge in [-0.15, -0.1) is 0 Å². The SMILES string of the molecule is O=C(CCn1ncc2ccccc21)NCC1CC1. The predicted octanol–water partition coefficient (Wildman–Crippen LogP) is 1.95. The van der Waals surface area contributed by atoms with Crippen LogP contribution in [0.25, 0.3) is 10.9 Å². The number of nitrogens with zero attached hydrogens (tertiary/aromatic N) is 2. The van der Waals surface area contributed by atoms with Crippen molar-refractivity contribution in [1.82, 2.24) is 15.1 Å². The van der Waals surface area contributed by atoms with E-state index in [0.29, 0.717) is 13.0 Å². The first-order valence-electron chi connectivity index (χ1n) is 6.50. The van der Waals surface area contributed by atoms with Crippen LogP contribution in [0.1, 0.15) is 19.3 Å². The molecule has 0 aliphatic heterocycles. The van der Waals surface area contributed by atoms with Crippen molar-refractivity contribution >= 4 is 16.8 Å². The Labute approximate surface area is 106 Å². The maximum absolute atomic E-state index is 11.7. The Morgan fingerprint density at radius 1 is 1.39 bits per heavy atom. The topological polar surface area (TPSA) is 46.9 Å². The number of nitrogens with one attached hydrogen (secondary N) is 1. The lowest BCUT2D eigenvalue weighted by molar-refractivity contribution is -0.121. The molecular weight excluding hydrogens is 226 g/mol. The van der Waals surface area contributed by atoms with Gasteiger partial charge in [-0.05, 0) is 24.8 Å². The summed E-state index contributed by atoms with van der Waals surface area (Å²) in [6, 6.07) is 8.06. The molecule has 0 bridgehead atoms. The normalized spacial score (nSPS) is 14.9. The van der Waals surface area contributed by atoms with Crippen molar-refractivity contribution < 1.29 is 4.79 Å². The van der Waals surface area contributed by atoms with Crippen LogP contribution in [0.2, 0.25) is 0 Å². The van der Waals surface area contributed by atoms with E-state index in [4.69, 9.17) is 0 Å². The van der Waals surface area contributed by atoms with Crippen LogP contribution in [0.5, 0.6) is 0 Å². The third-order valence-corrected chi connectivity index (χ3v) is 3.39. The zero-order valence-electron chi connectivity index (χ0n) is 10.3. The minimum atomic E-state index is 0.126. The molecule has 0 radical (unpaired) electrons. The molecule has 1 amide bonds. The van der Waals surface area contributed by atoms with Crippen molar-refractivity contribution in [3.8, 4) is 0 Å². The van der Waals surface area contributed by atoms with Gasteiger partial charge < -0.3 is 5.32 Å². The summed E-state index contributed by atoms with van der Waals surface area (Å²) in [5.41, 5.74) is 1.09. The highest BCUT2D eigenvalue weighted by Crippen LogP contribution is 2.27. The number of benzene rings is 1. The van der Waals surface area contributed by atoms with Crippen LogP contribution < -0.4 is 5.32 Å². The second kappa shape index (κ2) is 4.80. The van der Waals surface area contributed by atoms with E-state index in [1.165, 1.54) is 12.8 Å². The summed E-state index contributed by atoms with van der Waals surface area (Å²) >= 11 is 0. The van der Waals surface area contributed by atoms with E-state index >= 15 is 0 Å². The maximum Gasteiger partial charge on any atom is 0.221 e. The Hall–Kier alpha value is -1.84.